The van der Waals surface area contributed by atoms with E-state index in [1.807, 2.05) is 12.1 Å². The predicted octanol–water partition coefficient (Wildman–Crippen LogP) is 0.408. The van der Waals surface area contributed by atoms with Gasteiger partial charge in [-0.3, -0.25) is 9.59 Å². The second kappa shape index (κ2) is 10.6. The molecule has 8 heteroatoms. The highest BCUT2D eigenvalue weighted by molar-refractivity contribution is 5.80. The lowest BCUT2D eigenvalue weighted by Crippen LogP contribution is -2.52. The first-order valence-electron chi connectivity index (χ1n) is 8.53. The van der Waals surface area contributed by atoms with Crippen molar-refractivity contribution in [1.82, 2.24) is 9.80 Å². The van der Waals surface area contributed by atoms with Crippen LogP contribution >= 0.6 is 0 Å². The van der Waals surface area contributed by atoms with E-state index >= 15 is 0 Å². The van der Waals surface area contributed by atoms with E-state index in [1.165, 1.54) is 0 Å². The number of carbonyl (C=O) groups excluding carboxylic acids is 2. The summed E-state index contributed by atoms with van der Waals surface area (Å²) in [6, 6.07) is 7.19. The van der Waals surface area contributed by atoms with Crippen molar-refractivity contribution in [2.75, 3.05) is 66.8 Å². The molecule has 1 saturated heterocycles. The van der Waals surface area contributed by atoms with Gasteiger partial charge >= 0.3 is 0 Å². The minimum Gasteiger partial charge on any atom is -0.493 e. The van der Waals surface area contributed by atoms with Crippen molar-refractivity contribution in [2.45, 2.75) is 0 Å². The molecule has 0 N–H and O–H groups in total. The van der Waals surface area contributed by atoms with Gasteiger partial charge in [-0.25, -0.2) is 0 Å². The van der Waals surface area contributed by atoms with Crippen LogP contribution in [0.4, 0.5) is 0 Å². The SMILES string of the molecule is COCCOCC(=O)N1CCN(C(=O)COc2ccccc2OC)CC1. The third-order valence-corrected chi connectivity index (χ3v) is 4.06. The van der Waals surface area contributed by atoms with Crippen LogP contribution in [-0.2, 0) is 19.1 Å². The number of carbonyl (C=O) groups is 2. The summed E-state index contributed by atoms with van der Waals surface area (Å²) in [5, 5.41) is 0. The molecule has 0 atom stereocenters. The Balaban J connectivity index is 1.71. The van der Waals surface area contributed by atoms with Gasteiger partial charge in [0.15, 0.2) is 18.1 Å². The zero-order valence-corrected chi connectivity index (χ0v) is 15.3. The molecule has 1 aliphatic rings. The first kappa shape index (κ1) is 20.0. The Morgan fingerprint density at radius 3 is 2.04 bits per heavy atom. The number of benzene rings is 1. The molecular weight excluding hydrogens is 340 g/mol. The van der Waals surface area contributed by atoms with E-state index in [-0.39, 0.29) is 25.0 Å². The second-order valence-electron chi connectivity index (χ2n) is 5.75. The number of amides is 2. The van der Waals surface area contributed by atoms with E-state index in [9.17, 15) is 9.59 Å². The maximum atomic E-state index is 12.3. The molecule has 1 aromatic carbocycles. The van der Waals surface area contributed by atoms with Crippen LogP contribution in [0.3, 0.4) is 0 Å². The van der Waals surface area contributed by atoms with Crippen LogP contribution in [0.1, 0.15) is 0 Å². The molecule has 2 rings (SSSR count). The largest absolute Gasteiger partial charge is 0.493 e. The van der Waals surface area contributed by atoms with Gasteiger partial charge in [0, 0.05) is 33.3 Å². The summed E-state index contributed by atoms with van der Waals surface area (Å²) in [5.41, 5.74) is 0. The highest BCUT2D eigenvalue weighted by Gasteiger charge is 2.24. The monoisotopic (exact) mass is 366 g/mol. The lowest BCUT2D eigenvalue weighted by molar-refractivity contribution is -0.143. The number of nitrogens with zero attached hydrogens (tertiary/aromatic N) is 2. The maximum Gasteiger partial charge on any atom is 0.260 e. The van der Waals surface area contributed by atoms with Crippen LogP contribution in [0.2, 0.25) is 0 Å². The molecule has 144 valence electrons. The first-order valence-corrected chi connectivity index (χ1v) is 8.53. The number of rotatable bonds is 9. The minimum atomic E-state index is -0.112. The molecule has 0 saturated carbocycles. The lowest BCUT2D eigenvalue weighted by Gasteiger charge is -2.34. The molecule has 0 aromatic heterocycles. The van der Waals surface area contributed by atoms with Crippen molar-refractivity contribution >= 4 is 11.8 Å². The summed E-state index contributed by atoms with van der Waals surface area (Å²) < 4.78 is 20.9. The van der Waals surface area contributed by atoms with Crippen LogP contribution in [0, 0.1) is 0 Å². The Kier molecular flexibility index (Phi) is 8.17. The Morgan fingerprint density at radius 1 is 0.885 bits per heavy atom. The number of ether oxygens (including phenoxy) is 4. The molecule has 26 heavy (non-hydrogen) atoms. The van der Waals surface area contributed by atoms with Gasteiger partial charge in [0.05, 0.1) is 20.3 Å². The van der Waals surface area contributed by atoms with Crippen LogP contribution in [-0.4, -0.2) is 88.4 Å². The smallest absolute Gasteiger partial charge is 0.260 e. The predicted molar refractivity (Wildman–Crippen MR) is 94.3 cm³/mol. The molecule has 1 fully saturated rings. The van der Waals surface area contributed by atoms with Crippen molar-refractivity contribution in [2.24, 2.45) is 0 Å². The molecule has 1 aliphatic heterocycles. The zero-order chi connectivity index (χ0) is 18.8. The summed E-state index contributed by atoms with van der Waals surface area (Å²) in [6.07, 6.45) is 0. The Morgan fingerprint density at radius 2 is 1.46 bits per heavy atom. The number of hydrogen-bond acceptors (Lipinski definition) is 6. The van der Waals surface area contributed by atoms with Crippen molar-refractivity contribution in [1.29, 1.82) is 0 Å². The molecule has 0 aliphatic carbocycles. The van der Waals surface area contributed by atoms with Crippen LogP contribution in [0.15, 0.2) is 24.3 Å². The van der Waals surface area contributed by atoms with E-state index in [2.05, 4.69) is 0 Å². The summed E-state index contributed by atoms with van der Waals surface area (Å²) in [4.78, 5) is 27.8. The standard InChI is InChI=1S/C18H26N2O6/c1-23-11-12-25-13-17(21)19-7-9-20(10-8-19)18(22)14-26-16-6-4-3-5-15(16)24-2/h3-6H,7-14H2,1-2H3. The van der Waals surface area contributed by atoms with Crippen molar-refractivity contribution in [3.8, 4) is 11.5 Å². The van der Waals surface area contributed by atoms with E-state index in [0.717, 1.165) is 0 Å². The normalized spacial score (nSPS) is 14.2. The summed E-state index contributed by atoms with van der Waals surface area (Å²) in [7, 11) is 3.14. The van der Waals surface area contributed by atoms with Gasteiger partial charge in [0.25, 0.3) is 5.91 Å². The summed E-state index contributed by atoms with van der Waals surface area (Å²) >= 11 is 0. The fourth-order valence-corrected chi connectivity index (χ4v) is 2.57. The Hall–Kier alpha value is -2.32. The fourth-order valence-electron chi connectivity index (χ4n) is 2.57. The fraction of sp³-hybridized carbons (Fsp3) is 0.556. The lowest BCUT2D eigenvalue weighted by atomic mass is 10.3. The number of methoxy groups -OCH3 is 2. The molecule has 1 heterocycles. The first-order chi connectivity index (χ1) is 12.7. The summed E-state index contributed by atoms with van der Waals surface area (Å²) in [5.74, 6) is 0.937. The molecule has 0 radical (unpaired) electrons. The van der Waals surface area contributed by atoms with Gasteiger partial charge in [-0.2, -0.15) is 0 Å². The Bertz CT molecular complexity index is 587. The minimum absolute atomic E-state index is 0.0359. The van der Waals surface area contributed by atoms with E-state index in [0.29, 0.717) is 50.9 Å². The topological polar surface area (TPSA) is 77.5 Å². The molecule has 0 unspecified atom stereocenters. The molecular formula is C18H26N2O6. The van der Waals surface area contributed by atoms with Gasteiger partial charge in [-0.15, -0.1) is 0 Å². The van der Waals surface area contributed by atoms with Gasteiger partial charge in [0.1, 0.15) is 6.61 Å². The molecule has 2 amide bonds. The third-order valence-electron chi connectivity index (χ3n) is 4.06. The van der Waals surface area contributed by atoms with Crippen LogP contribution in [0.25, 0.3) is 0 Å². The van der Waals surface area contributed by atoms with Gasteiger partial charge < -0.3 is 28.7 Å². The highest BCUT2D eigenvalue weighted by atomic mass is 16.5. The van der Waals surface area contributed by atoms with Crippen LogP contribution < -0.4 is 9.47 Å². The van der Waals surface area contributed by atoms with Gasteiger partial charge in [-0.1, -0.05) is 12.1 Å². The maximum absolute atomic E-state index is 12.3. The van der Waals surface area contributed by atoms with Crippen molar-refractivity contribution in [3.63, 3.8) is 0 Å². The third kappa shape index (κ3) is 5.89. The average molecular weight is 366 g/mol. The second-order valence-corrected chi connectivity index (χ2v) is 5.75. The van der Waals surface area contributed by atoms with Gasteiger partial charge in [0.2, 0.25) is 5.91 Å². The number of hydrogen-bond donors (Lipinski definition) is 0. The van der Waals surface area contributed by atoms with E-state index < -0.39 is 0 Å². The molecule has 0 bridgehead atoms. The molecule has 8 nitrogen and oxygen atoms in total. The summed E-state index contributed by atoms with van der Waals surface area (Å²) in [6.45, 7) is 2.78. The molecule has 0 spiro atoms. The number of piperazine rings is 1. The average Bonchev–Trinajstić information content (AvgIpc) is 2.69. The van der Waals surface area contributed by atoms with Gasteiger partial charge in [-0.05, 0) is 12.1 Å². The van der Waals surface area contributed by atoms with Crippen LogP contribution in [0.5, 0.6) is 11.5 Å². The van der Waals surface area contributed by atoms with Crippen molar-refractivity contribution < 1.29 is 28.5 Å². The number of para-hydroxylation sites is 2. The quantitative estimate of drug-likeness (QED) is 0.589. The molecule has 1 aromatic rings. The Labute approximate surface area is 153 Å². The zero-order valence-electron chi connectivity index (χ0n) is 15.3. The van der Waals surface area contributed by atoms with E-state index in [1.54, 1.807) is 36.2 Å². The van der Waals surface area contributed by atoms with Crippen molar-refractivity contribution in [3.05, 3.63) is 24.3 Å². The van der Waals surface area contributed by atoms with E-state index in [4.69, 9.17) is 18.9 Å². The highest BCUT2D eigenvalue weighted by Crippen LogP contribution is 2.25.